The highest BCUT2D eigenvalue weighted by Crippen LogP contribution is 2.32. The van der Waals surface area contributed by atoms with Crippen molar-refractivity contribution in [1.82, 2.24) is 19.6 Å². The van der Waals surface area contributed by atoms with Gasteiger partial charge in [-0.15, -0.1) is 0 Å². The number of nitrogens with zero attached hydrogens (tertiary/aromatic N) is 4. The molecule has 6 heteroatoms. The first-order valence-corrected chi connectivity index (χ1v) is 12.8. The van der Waals surface area contributed by atoms with Crippen molar-refractivity contribution < 1.29 is 9.59 Å². The third kappa shape index (κ3) is 5.02. The van der Waals surface area contributed by atoms with Gasteiger partial charge in [-0.1, -0.05) is 30.3 Å². The molecule has 0 aliphatic carbocycles. The zero-order valence-electron chi connectivity index (χ0n) is 20.7. The van der Waals surface area contributed by atoms with Crippen LogP contribution in [0.15, 0.2) is 60.7 Å². The first-order valence-electron chi connectivity index (χ1n) is 12.8. The van der Waals surface area contributed by atoms with Crippen LogP contribution in [-0.4, -0.2) is 57.1 Å². The Balaban J connectivity index is 1.21. The van der Waals surface area contributed by atoms with E-state index in [1.807, 2.05) is 72.0 Å². The van der Waals surface area contributed by atoms with E-state index >= 15 is 0 Å². The highest BCUT2D eigenvalue weighted by Gasteiger charge is 2.39. The van der Waals surface area contributed by atoms with Gasteiger partial charge in [0, 0.05) is 43.4 Å². The van der Waals surface area contributed by atoms with Crippen LogP contribution in [0.4, 0.5) is 0 Å². The Morgan fingerprint density at radius 3 is 2.46 bits per heavy atom. The number of likely N-dealkylation sites (tertiary alicyclic amines) is 2. The highest BCUT2D eigenvalue weighted by atomic mass is 16.2. The number of aryl methyl sites for hydroxylation is 3. The van der Waals surface area contributed by atoms with E-state index in [2.05, 4.69) is 22.1 Å². The van der Waals surface area contributed by atoms with Crippen LogP contribution in [-0.2, 0) is 11.2 Å². The highest BCUT2D eigenvalue weighted by molar-refractivity contribution is 5.94. The van der Waals surface area contributed by atoms with Crippen LogP contribution in [0.25, 0.3) is 5.69 Å². The second-order valence-electron chi connectivity index (χ2n) is 9.97. The predicted octanol–water partition coefficient (Wildman–Crippen LogP) is 4.58. The Kier molecular flexibility index (Phi) is 6.71. The summed E-state index contributed by atoms with van der Waals surface area (Å²) in [5, 5.41) is 4.54. The second kappa shape index (κ2) is 10.1. The number of carbonyl (C=O) groups excluding carboxylic acids is 2. The molecule has 182 valence electrons. The number of carbonyl (C=O) groups is 2. The Morgan fingerprint density at radius 2 is 1.74 bits per heavy atom. The lowest BCUT2D eigenvalue weighted by atomic mass is 9.83. The summed E-state index contributed by atoms with van der Waals surface area (Å²) < 4.78 is 1.91. The molecule has 0 unspecified atom stereocenters. The molecule has 0 radical (unpaired) electrons. The smallest absolute Gasteiger partial charge is 0.254 e. The Morgan fingerprint density at radius 1 is 0.971 bits per heavy atom. The van der Waals surface area contributed by atoms with Crippen LogP contribution in [0.2, 0.25) is 0 Å². The lowest BCUT2D eigenvalue weighted by Gasteiger charge is -2.47. The van der Waals surface area contributed by atoms with Crippen molar-refractivity contribution in [2.24, 2.45) is 5.92 Å². The summed E-state index contributed by atoms with van der Waals surface area (Å²) in [4.78, 5) is 30.5. The van der Waals surface area contributed by atoms with Crippen LogP contribution in [0, 0.1) is 19.8 Å². The number of aromatic nitrogens is 2. The first-order chi connectivity index (χ1) is 17.0. The maximum absolute atomic E-state index is 13.5. The summed E-state index contributed by atoms with van der Waals surface area (Å²) in [6, 6.07) is 20.2. The van der Waals surface area contributed by atoms with E-state index in [0.717, 1.165) is 68.0 Å². The summed E-state index contributed by atoms with van der Waals surface area (Å²) in [5.74, 6) is 0.690. The van der Waals surface area contributed by atoms with Crippen molar-refractivity contribution in [3.8, 4) is 5.69 Å². The maximum atomic E-state index is 13.5. The minimum Gasteiger partial charge on any atom is -0.342 e. The zero-order chi connectivity index (χ0) is 24.4. The molecule has 0 saturated carbocycles. The Bertz CT molecular complexity index is 1190. The summed E-state index contributed by atoms with van der Waals surface area (Å²) in [6.45, 7) is 6.30. The molecule has 2 atom stereocenters. The molecule has 2 aliphatic heterocycles. The molecule has 1 aromatic heterocycles. The van der Waals surface area contributed by atoms with Gasteiger partial charge < -0.3 is 9.80 Å². The molecule has 0 bridgehead atoms. The molecule has 3 heterocycles. The van der Waals surface area contributed by atoms with Crippen molar-refractivity contribution in [3.05, 3.63) is 83.2 Å². The fourth-order valence-corrected chi connectivity index (χ4v) is 5.74. The van der Waals surface area contributed by atoms with E-state index < -0.39 is 0 Å². The zero-order valence-corrected chi connectivity index (χ0v) is 20.7. The van der Waals surface area contributed by atoms with Crippen LogP contribution in [0.1, 0.15) is 53.0 Å². The van der Waals surface area contributed by atoms with Gasteiger partial charge in [0.1, 0.15) is 0 Å². The number of fused-ring (bicyclic) bond motifs is 1. The molecule has 35 heavy (non-hydrogen) atoms. The van der Waals surface area contributed by atoms with Crippen LogP contribution in [0.3, 0.4) is 0 Å². The predicted molar refractivity (Wildman–Crippen MR) is 137 cm³/mol. The molecule has 5 rings (SSSR count). The molecular weight excluding hydrogens is 436 g/mol. The fraction of sp³-hybridized carbons (Fsp3) is 0.414. The van der Waals surface area contributed by atoms with E-state index in [0.29, 0.717) is 12.3 Å². The summed E-state index contributed by atoms with van der Waals surface area (Å²) in [6.07, 6.45) is 4.25. The van der Waals surface area contributed by atoms with Crippen LogP contribution in [0.5, 0.6) is 0 Å². The van der Waals surface area contributed by atoms with Crippen molar-refractivity contribution in [2.45, 2.75) is 52.0 Å². The van der Waals surface area contributed by atoms with E-state index in [1.54, 1.807) is 0 Å². The standard InChI is InChI=1S/C29H34N4O2/c1-21-19-22(2)33(30-21)26-13-11-24(12-14-26)29(35)32-17-6-9-25-20-31(18-16-27(25)32)28(34)15-10-23-7-4-3-5-8-23/h3-5,7-8,11-14,19,25,27H,6,9-10,15-18,20H2,1-2H3/t25-,27-/m1/s1. The Hall–Kier alpha value is -3.41. The van der Waals surface area contributed by atoms with Gasteiger partial charge in [-0.2, -0.15) is 5.10 Å². The summed E-state index contributed by atoms with van der Waals surface area (Å²) in [5.41, 5.74) is 4.94. The molecule has 2 saturated heterocycles. The normalized spacial score (nSPS) is 19.9. The lowest BCUT2D eigenvalue weighted by molar-refractivity contribution is -0.134. The third-order valence-corrected chi connectivity index (χ3v) is 7.52. The number of piperidine rings is 2. The molecule has 2 amide bonds. The van der Waals surface area contributed by atoms with Gasteiger partial charge >= 0.3 is 0 Å². The van der Waals surface area contributed by atoms with Crippen molar-refractivity contribution >= 4 is 11.8 Å². The summed E-state index contributed by atoms with van der Waals surface area (Å²) >= 11 is 0. The molecule has 0 spiro atoms. The molecular formula is C29H34N4O2. The van der Waals surface area contributed by atoms with Crippen molar-refractivity contribution in [3.63, 3.8) is 0 Å². The number of hydrogen-bond acceptors (Lipinski definition) is 3. The fourth-order valence-electron chi connectivity index (χ4n) is 5.74. The molecule has 6 nitrogen and oxygen atoms in total. The maximum Gasteiger partial charge on any atom is 0.254 e. The lowest BCUT2D eigenvalue weighted by Crippen LogP contribution is -2.56. The SMILES string of the molecule is Cc1cc(C)n(-c2ccc(C(=O)N3CCC[C@@H]4CN(C(=O)CCc5ccccc5)CC[C@H]43)cc2)n1. The van der Waals surface area contributed by atoms with E-state index in [4.69, 9.17) is 0 Å². The van der Waals surface area contributed by atoms with Gasteiger partial charge in [0.05, 0.1) is 11.4 Å². The topological polar surface area (TPSA) is 58.4 Å². The quantitative estimate of drug-likeness (QED) is 0.549. The van der Waals surface area contributed by atoms with Crippen molar-refractivity contribution in [2.75, 3.05) is 19.6 Å². The van der Waals surface area contributed by atoms with E-state index in [1.165, 1.54) is 5.56 Å². The molecule has 3 aromatic rings. The van der Waals surface area contributed by atoms with Gasteiger partial charge in [0.15, 0.2) is 0 Å². The second-order valence-corrected chi connectivity index (χ2v) is 9.97. The van der Waals surface area contributed by atoms with Gasteiger partial charge in [0.2, 0.25) is 5.91 Å². The molecule has 2 aliphatic rings. The van der Waals surface area contributed by atoms with Gasteiger partial charge in [0.25, 0.3) is 5.91 Å². The van der Waals surface area contributed by atoms with Crippen LogP contribution >= 0.6 is 0 Å². The number of hydrogen-bond donors (Lipinski definition) is 0. The molecule has 0 N–H and O–H groups in total. The minimum absolute atomic E-state index is 0.100. The largest absolute Gasteiger partial charge is 0.342 e. The third-order valence-electron chi connectivity index (χ3n) is 7.52. The first kappa shape index (κ1) is 23.3. The van der Waals surface area contributed by atoms with E-state index in [-0.39, 0.29) is 17.9 Å². The summed E-state index contributed by atoms with van der Waals surface area (Å²) in [7, 11) is 0. The number of amides is 2. The average Bonchev–Trinajstić information content (AvgIpc) is 3.24. The van der Waals surface area contributed by atoms with E-state index in [9.17, 15) is 9.59 Å². The van der Waals surface area contributed by atoms with Crippen molar-refractivity contribution in [1.29, 1.82) is 0 Å². The Labute approximate surface area is 207 Å². The van der Waals surface area contributed by atoms with Gasteiger partial charge in [-0.25, -0.2) is 4.68 Å². The van der Waals surface area contributed by atoms with Gasteiger partial charge in [-0.3, -0.25) is 9.59 Å². The molecule has 2 aromatic carbocycles. The van der Waals surface area contributed by atoms with Crippen LogP contribution < -0.4 is 0 Å². The average molecular weight is 471 g/mol. The minimum atomic E-state index is 0.100. The number of benzene rings is 2. The number of rotatable bonds is 5. The molecule has 2 fully saturated rings. The monoisotopic (exact) mass is 470 g/mol. The van der Waals surface area contributed by atoms with Gasteiger partial charge in [-0.05, 0) is 81.3 Å².